The van der Waals surface area contributed by atoms with Gasteiger partial charge in [0.2, 0.25) is 0 Å². The highest BCUT2D eigenvalue weighted by atomic mass is 16.5. The van der Waals surface area contributed by atoms with Gasteiger partial charge in [-0.25, -0.2) is 0 Å². The average Bonchev–Trinajstić information content (AvgIpc) is 2.54. The Labute approximate surface area is 125 Å². The van der Waals surface area contributed by atoms with Crippen molar-refractivity contribution >= 4 is 6.29 Å². The summed E-state index contributed by atoms with van der Waals surface area (Å²) >= 11 is 0. The van der Waals surface area contributed by atoms with E-state index in [1.54, 1.807) is 0 Å². The summed E-state index contributed by atoms with van der Waals surface area (Å²) in [7, 11) is 0. The van der Waals surface area contributed by atoms with Gasteiger partial charge >= 0.3 is 0 Å². The van der Waals surface area contributed by atoms with Crippen molar-refractivity contribution in [1.29, 1.82) is 0 Å². The van der Waals surface area contributed by atoms with Crippen molar-refractivity contribution in [2.75, 3.05) is 6.61 Å². The fourth-order valence-electron chi connectivity index (χ4n) is 1.96. The first-order valence-corrected chi connectivity index (χ1v) is 7.09. The molecular weight excluding hydrogens is 264 g/mol. The Bertz CT molecular complexity index is 511. The maximum absolute atomic E-state index is 10.7. The SMILES string of the molecule is O=CC[C@@H](COCc1ccccc1)OCc1ccccc1. The maximum atomic E-state index is 10.7. The Morgan fingerprint density at radius 1 is 0.857 bits per heavy atom. The van der Waals surface area contributed by atoms with Crippen molar-refractivity contribution in [1.82, 2.24) is 0 Å². The monoisotopic (exact) mass is 284 g/mol. The van der Waals surface area contributed by atoms with Gasteiger partial charge in [-0.1, -0.05) is 60.7 Å². The molecule has 21 heavy (non-hydrogen) atoms. The van der Waals surface area contributed by atoms with Crippen molar-refractivity contribution in [2.24, 2.45) is 0 Å². The van der Waals surface area contributed by atoms with E-state index in [0.29, 0.717) is 26.2 Å². The summed E-state index contributed by atoms with van der Waals surface area (Å²) in [5, 5.41) is 0. The Hall–Kier alpha value is -1.97. The lowest BCUT2D eigenvalue weighted by Gasteiger charge is -2.16. The van der Waals surface area contributed by atoms with Crippen LogP contribution < -0.4 is 0 Å². The van der Waals surface area contributed by atoms with Crippen LogP contribution >= 0.6 is 0 Å². The number of carbonyl (C=O) groups excluding carboxylic acids is 1. The summed E-state index contributed by atoms with van der Waals surface area (Å²) in [6.07, 6.45) is 1.02. The molecule has 1 atom stereocenters. The van der Waals surface area contributed by atoms with Gasteiger partial charge in [-0.2, -0.15) is 0 Å². The maximum Gasteiger partial charge on any atom is 0.122 e. The van der Waals surface area contributed by atoms with Crippen molar-refractivity contribution < 1.29 is 14.3 Å². The molecule has 0 heterocycles. The quantitative estimate of drug-likeness (QED) is 0.662. The molecule has 2 aromatic carbocycles. The first-order valence-electron chi connectivity index (χ1n) is 7.09. The summed E-state index contributed by atoms with van der Waals surface area (Å²) in [4.78, 5) is 10.7. The molecule has 0 radical (unpaired) electrons. The van der Waals surface area contributed by atoms with E-state index in [4.69, 9.17) is 9.47 Å². The fraction of sp³-hybridized carbons (Fsp3) is 0.278. The molecule has 3 heteroatoms. The van der Waals surface area contributed by atoms with E-state index in [2.05, 4.69) is 0 Å². The van der Waals surface area contributed by atoms with Gasteiger partial charge in [0.1, 0.15) is 6.29 Å². The average molecular weight is 284 g/mol. The molecule has 0 amide bonds. The number of rotatable bonds is 9. The Kier molecular flexibility index (Phi) is 6.65. The fourth-order valence-corrected chi connectivity index (χ4v) is 1.96. The van der Waals surface area contributed by atoms with Gasteiger partial charge in [-0.3, -0.25) is 0 Å². The topological polar surface area (TPSA) is 35.5 Å². The van der Waals surface area contributed by atoms with Crippen LogP contribution in [0.4, 0.5) is 0 Å². The molecular formula is C18H20O3. The third-order valence-electron chi connectivity index (χ3n) is 3.10. The van der Waals surface area contributed by atoms with Crippen molar-refractivity contribution in [3.05, 3.63) is 71.8 Å². The highest BCUT2D eigenvalue weighted by molar-refractivity contribution is 5.50. The van der Waals surface area contributed by atoms with E-state index >= 15 is 0 Å². The number of benzene rings is 2. The van der Waals surface area contributed by atoms with Gasteiger partial charge in [0.25, 0.3) is 0 Å². The minimum Gasteiger partial charge on any atom is -0.374 e. The number of hydrogen-bond acceptors (Lipinski definition) is 3. The van der Waals surface area contributed by atoms with Crippen molar-refractivity contribution in [3.8, 4) is 0 Å². The summed E-state index contributed by atoms with van der Waals surface area (Å²) in [5.74, 6) is 0. The normalized spacial score (nSPS) is 12.0. The zero-order valence-corrected chi connectivity index (χ0v) is 12.0. The Balaban J connectivity index is 1.75. The Morgan fingerprint density at radius 3 is 2.00 bits per heavy atom. The molecule has 0 aromatic heterocycles. The minimum absolute atomic E-state index is 0.202. The molecule has 0 saturated carbocycles. The summed E-state index contributed by atoms with van der Waals surface area (Å²) in [6, 6.07) is 19.9. The zero-order valence-electron chi connectivity index (χ0n) is 12.0. The lowest BCUT2D eigenvalue weighted by Crippen LogP contribution is -2.20. The van der Waals surface area contributed by atoms with Gasteiger partial charge < -0.3 is 14.3 Å². The van der Waals surface area contributed by atoms with Crippen molar-refractivity contribution in [3.63, 3.8) is 0 Å². The molecule has 0 spiro atoms. The predicted octanol–water partition coefficient (Wildman–Crippen LogP) is 3.38. The number of carbonyl (C=O) groups is 1. The van der Waals surface area contributed by atoms with Gasteiger partial charge in [0.05, 0.1) is 25.9 Å². The van der Waals surface area contributed by atoms with Crippen LogP contribution in [-0.2, 0) is 27.5 Å². The smallest absolute Gasteiger partial charge is 0.122 e. The van der Waals surface area contributed by atoms with Gasteiger partial charge in [0, 0.05) is 6.42 Å². The minimum atomic E-state index is -0.202. The van der Waals surface area contributed by atoms with Crippen LogP contribution in [-0.4, -0.2) is 19.0 Å². The molecule has 0 N–H and O–H groups in total. The third kappa shape index (κ3) is 5.90. The summed E-state index contributed by atoms with van der Waals surface area (Å²) in [6.45, 7) is 1.44. The number of ether oxygens (including phenoxy) is 2. The number of hydrogen-bond donors (Lipinski definition) is 0. The first-order chi connectivity index (χ1) is 10.4. The molecule has 2 aromatic rings. The van der Waals surface area contributed by atoms with Crippen LogP contribution in [0.5, 0.6) is 0 Å². The van der Waals surface area contributed by atoms with Crippen LogP contribution in [0.1, 0.15) is 17.5 Å². The van der Waals surface area contributed by atoms with E-state index in [1.165, 1.54) is 0 Å². The second-order valence-corrected chi connectivity index (χ2v) is 4.82. The molecule has 0 aliphatic carbocycles. The van der Waals surface area contributed by atoms with Crippen LogP contribution in [0.3, 0.4) is 0 Å². The molecule has 0 saturated heterocycles. The molecule has 0 aliphatic heterocycles. The molecule has 110 valence electrons. The number of aldehydes is 1. The molecule has 0 fully saturated rings. The van der Waals surface area contributed by atoms with Crippen LogP contribution in [0.15, 0.2) is 60.7 Å². The highest BCUT2D eigenvalue weighted by Crippen LogP contribution is 2.07. The molecule has 0 aliphatic rings. The second-order valence-electron chi connectivity index (χ2n) is 4.82. The van der Waals surface area contributed by atoms with E-state index < -0.39 is 0 Å². The molecule has 0 unspecified atom stereocenters. The van der Waals surface area contributed by atoms with E-state index in [0.717, 1.165) is 17.4 Å². The summed E-state index contributed by atoms with van der Waals surface area (Å²) in [5.41, 5.74) is 2.21. The van der Waals surface area contributed by atoms with E-state index in [1.807, 2.05) is 60.7 Å². The van der Waals surface area contributed by atoms with Crippen molar-refractivity contribution in [2.45, 2.75) is 25.7 Å². The lowest BCUT2D eigenvalue weighted by atomic mass is 10.2. The Morgan fingerprint density at radius 2 is 1.43 bits per heavy atom. The van der Waals surface area contributed by atoms with E-state index in [-0.39, 0.29) is 6.10 Å². The van der Waals surface area contributed by atoms with Crippen LogP contribution in [0, 0.1) is 0 Å². The van der Waals surface area contributed by atoms with E-state index in [9.17, 15) is 4.79 Å². The highest BCUT2D eigenvalue weighted by Gasteiger charge is 2.09. The lowest BCUT2D eigenvalue weighted by molar-refractivity contribution is -0.112. The summed E-state index contributed by atoms with van der Waals surface area (Å²) < 4.78 is 11.4. The van der Waals surface area contributed by atoms with Gasteiger partial charge in [-0.15, -0.1) is 0 Å². The second kappa shape index (κ2) is 9.06. The largest absolute Gasteiger partial charge is 0.374 e. The predicted molar refractivity (Wildman–Crippen MR) is 81.8 cm³/mol. The standard InChI is InChI=1S/C18H20O3/c19-12-11-18(21-14-17-9-5-2-6-10-17)15-20-13-16-7-3-1-4-8-16/h1-10,12,18H,11,13-15H2/t18-/m0/s1. The molecule has 0 bridgehead atoms. The zero-order chi connectivity index (χ0) is 14.8. The molecule has 3 nitrogen and oxygen atoms in total. The first kappa shape index (κ1) is 15.4. The van der Waals surface area contributed by atoms with Gasteiger partial charge in [-0.05, 0) is 11.1 Å². The van der Waals surface area contributed by atoms with Crippen LogP contribution in [0.25, 0.3) is 0 Å². The van der Waals surface area contributed by atoms with Crippen LogP contribution in [0.2, 0.25) is 0 Å². The van der Waals surface area contributed by atoms with Gasteiger partial charge in [0.15, 0.2) is 0 Å². The third-order valence-corrected chi connectivity index (χ3v) is 3.10. The molecule has 2 rings (SSSR count).